The number of halogens is 1. The lowest BCUT2D eigenvalue weighted by atomic mass is 10.2. The fraction of sp³-hybridized carbons (Fsp3) is 0.500. The third-order valence-electron chi connectivity index (χ3n) is 3.69. The molecule has 0 N–H and O–H groups in total. The van der Waals surface area contributed by atoms with E-state index in [2.05, 4.69) is 23.7 Å². The minimum absolute atomic E-state index is 0.00352. The van der Waals surface area contributed by atoms with Crippen molar-refractivity contribution in [3.05, 3.63) is 40.4 Å². The Kier molecular flexibility index (Phi) is 5.76. The smallest absolute Gasteiger partial charge is 0.261 e. The molecule has 1 aromatic carbocycles. The molecular weight excluding hydrogens is 286 g/mol. The zero-order valence-corrected chi connectivity index (χ0v) is 13.4. The minimum atomic E-state index is 0.00352. The molecule has 0 aliphatic rings. The molecule has 0 amide bonds. The van der Waals surface area contributed by atoms with Gasteiger partial charge in [-0.2, -0.15) is 0 Å². The van der Waals surface area contributed by atoms with Crippen molar-refractivity contribution in [2.75, 3.05) is 19.6 Å². The molecule has 0 radical (unpaired) electrons. The molecule has 0 fully saturated rings. The summed E-state index contributed by atoms with van der Waals surface area (Å²) in [6.07, 6.45) is 1.11. The molecule has 0 saturated carbocycles. The molecule has 0 atom stereocenters. The van der Waals surface area contributed by atoms with Crippen LogP contribution in [0.5, 0.6) is 0 Å². The minimum Gasteiger partial charge on any atom is -0.302 e. The molecule has 0 bridgehead atoms. The van der Waals surface area contributed by atoms with Gasteiger partial charge >= 0.3 is 0 Å². The predicted octanol–water partition coefficient (Wildman–Crippen LogP) is 2.87. The van der Waals surface area contributed by atoms with E-state index < -0.39 is 0 Å². The molecule has 5 heteroatoms. The number of likely N-dealkylation sites (N-methyl/N-ethyl adjacent to an activating group) is 1. The fourth-order valence-corrected chi connectivity index (χ4v) is 2.74. The maximum Gasteiger partial charge on any atom is 0.261 e. The van der Waals surface area contributed by atoms with Gasteiger partial charge < -0.3 is 4.90 Å². The van der Waals surface area contributed by atoms with Crippen LogP contribution in [0.1, 0.15) is 26.1 Å². The van der Waals surface area contributed by atoms with E-state index in [0.29, 0.717) is 17.8 Å². The Balaban J connectivity index is 2.33. The molecule has 2 rings (SSSR count). The van der Waals surface area contributed by atoms with Crippen LogP contribution in [0, 0.1) is 0 Å². The Bertz CT molecular complexity index is 654. The van der Waals surface area contributed by atoms with Gasteiger partial charge in [-0.1, -0.05) is 26.0 Å². The van der Waals surface area contributed by atoms with Gasteiger partial charge in [-0.15, -0.1) is 11.6 Å². The van der Waals surface area contributed by atoms with Gasteiger partial charge in [-0.05, 0) is 31.6 Å². The van der Waals surface area contributed by atoms with Gasteiger partial charge in [0, 0.05) is 13.1 Å². The normalized spacial score (nSPS) is 11.4. The molecule has 2 aromatic rings. The van der Waals surface area contributed by atoms with E-state index in [-0.39, 0.29) is 11.4 Å². The van der Waals surface area contributed by atoms with Gasteiger partial charge in [-0.25, -0.2) is 4.98 Å². The Morgan fingerprint density at radius 2 is 2.00 bits per heavy atom. The summed E-state index contributed by atoms with van der Waals surface area (Å²) >= 11 is 5.98. The molecular formula is C16H22ClN3O. The summed E-state index contributed by atoms with van der Waals surface area (Å²) < 4.78 is 1.72. The fourth-order valence-electron chi connectivity index (χ4n) is 2.53. The zero-order chi connectivity index (χ0) is 15.2. The monoisotopic (exact) mass is 307 g/mol. The van der Waals surface area contributed by atoms with E-state index in [1.807, 2.05) is 24.3 Å². The van der Waals surface area contributed by atoms with Crippen LogP contribution in [0.2, 0.25) is 0 Å². The predicted molar refractivity (Wildman–Crippen MR) is 88.0 cm³/mol. The van der Waals surface area contributed by atoms with Gasteiger partial charge in [0.25, 0.3) is 5.56 Å². The van der Waals surface area contributed by atoms with E-state index in [9.17, 15) is 4.79 Å². The number of rotatable bonds is 7. The van der Waals surface area contributed by atoms with Crippen LogP contribution in [0.15, 0.2) is 29.1 Å². The number of benzene rings is 1. The molecule has 114 valence electrons. The highest BCUT2D eigenvalue weighted by atomic mass is 35.5. The van der Waals surface area contributed by atoms with Crippen molar-refractivity contribution in [3.63, 3.8) is 0 Å². The van der Waals surface area contributed by atoms with Gasteiger partial charge in [0.15, 0.2) is 0 Å². The van der Waals surface area contributed by atoms with Crippen molar-refractivity contribution in [2.24, 2.45) is 0 Å². The summed E-state index contributed by atoms with van der Waals surface area (Å²) in [5.41, 5.74) is 0.721. The first-order valence-electron chi connectivity index (χ1n) is 7.48. The summed E-state index contributed by atoms with van der Waals surface area (Å²) in [4.78, 5) is 19.5. The van der Waals surface area contributed by atoms with Crippen LogP contribution in [-0.4, -0.2) is 34.1 Å². The Hall–Kier alpha value is -1.39. The summed E-state index contributed by atoms with van der Waals surface area (Å²) in [5.74, 6) is 0.896. The van der Waals surface area contributed by atoms with Crippen molar-refractivity contribution < 1.29 is 0 Å². The highest BCUT2D eigenvalue weighted by molar-refractivity contribution is 6.16. The average Bonchev–Trinajstić information content (AvgIpc) is 2.52. The molecule has 21 heavy (non-hydrogen) atoms. The first-order valence-corrected chi connectivity index (χ1v) is 8.01. The largest absolute Gasteiger partial charge is 0.302 e. The van der Waals surface area contributed by atoms with E-state index in [4.69, 9.17) is 11.6 Å². The number of para-hydroxylation sites is 1. The van der Waals surface area contributed by atoms with Gasteiger partial charge in [0.05, 0.1) is 16.8 Å². The van der Waals surface area contributed by atoms with Crippen LogP contribution < -0.4 is 5.56 Å². The van der Waals surface area contributed by atoms with E-state index >= 15 is 0 Å². The quantitative estimate of drug-likeness (QED) is 0.738. The average molecular weight is 308 g/mol. The lowest BCUT2D eigenvalue weighted by Gasteiger charge is -2.21. The van der Waals surface area contributed by atoms with E-state index in [1.54, 1.807) is 4.57 Å². The summed E-state index contributed by atoms with van der Waals surface area (Å²) in [5, 5.41) is 0.657. The number of nitrogens with zero attached hydrogens (tertiary/aromatic N) is 3. The number of alkyl halides is 1. The number of fused-ring (bicyclic) bond motifs is 1. The van der Waals surface area contributed by atoms with Crippen LogP contribution in [0.4, 0.5) is 0 Å². The standard InChI is InChI=1S/C16H22ClN3O/c1-3-9-19(4-2)10-11-20-15(12-17)18-14-8-6-5-7-13(14)16(20)21/h5-8H,3-4,9-12H2,1-2H3. The van der Waals surface area contributed by atoms with Gasteiger partial charge in [-0.3, -0.25) is 9.36 Å². The summed E-state index contributed by atoms with van der Waals surface area (Å²) in [6, 6.07) is 7.43. The highest BCUT2D eigenvalue weighted by Gasteiger charge is 2.11. The van der Waals surface area contributed by atoms with Crippen LogP contribution >= 0.6 is 11.6 Å². The molecule has 0 spiro atoms. The lowest BCUT2D eigenvalue weighted by molar-refractivity contribution is 0.274. The molecule has 0 saturated heterocycles. The summed E-state index contributed by atoms with van der Waals surface area (Å²) in [7, 11) is 0. The number of hydrogen-bond acceptors (Lipinski definition) is 3. The molecule has 0 unspecified atom stereocenters. The SMILES string of the molecule is CCCN(CC)CCn1c(CCl)nc2ccccc2c1=O. The number of aromatic nitrogens is 2. The third kappa shape index (κ3) is 3.63. The third-order valence-corrected chi connectivity index (χ3v) is 3.93. The van der Waals surface area contributed by atoms with Crippen LogP contribution in [-0.2, 0) is 12.4 Å². The molecule has 4 nitrogen and oxygen atoms in total. The first kappa shape index (κ1) is 16.0. The van der Waals surface area contributed by atoms with Gasteiger partial charge in [0.1, 0.15) is 5.82 Å². The van der Waals surface area contributed by atoms with E-state index in [0.717, 1.165) is 31.6 Å². The highest BCUT2D eigenvalue weighted by Crippen LogP contribution is 2.09. The molecule has 0 aliphatic carbocycles. The maximum atomic E-state index is 12.6. The van der Waals surface area contributed by atoms with Crippen molar-refractivity contribution in [1.29, 1.82) is 0 Å². The topological polar surface area (TPSA) is 38.1 Å². The Labute approximate surface area is 130 Å². The second kappa shape index (κ2) is 7.57. The van der Waals surface area contributed by atoms with Crippen LogP contribution in [0.3, 0.4) is 0 Å². The Morgan fingerprint density at radius 3 is 2.67 bits per heavy atom. The van der Waals surface area contributed by atoms with Crippen molar-refractivity contribution >= 4 is 22.5 Å². The first-order chi connectivity index (χ1) is 10.2. The van der Waals surface area contributed by atoms with Gasteiger partial charge in [0.2, 0.25) is 0 Å². The summed E-state index contributed by atoms with van der Waals surface area (Å²) in [6.45, 7) is 7.80. The Morgan fingerprint density at radius 1 is 1.24 bits per heavy atom. The lowest BCUT2D eigenvalue weighted by Crippen LogP contribution is -2.33. The second-order valence-corrected chi connectivity index (χ2v) is 5.34. The van der Waals surface area contributed by atoms with Crippen LogP contribution in [0.25, 0.3) is 10.9 Å². The maximum absolute atomic E-state index is 12.6. The van der Waals surface area contributed by atoms with Crippen molar-refractivity contribution in [1.82, 2.24) is 14.5 Å². The van der Waals surface area contributed by atoms with E-state index in [1.165, 1.54) is 0 Å². The van der Waals surface area contributed by atoms with Crippen molar-refractivity contribution in [2.45, 2.75) is 32.7 Å². The number of hydrogen-bond donors (Lipinski definition) is 0. The molecule has 1 aromatic heterocycles. The molecule has 1 heterocycles. The molecule has 0 aliphatic heterocycles. The second-order valence-electron chi connectivity index (χ2n) is 5.07. The van der Waals surface area contributed by atoms with Crippen molar-refractivity contribution in [3.8, 4) is 0 Å². The zero-order valence-electron chi connectivity index (χ0n) is 12.7.